The van der Waals surface area contributed by atoms with Crippen LogP contribution in [0.2, 0.25) is 0 Å². The van der Waals surface area contributed by atoms with Crippen molar-refractivity contribution < 1.29 is 9.59 Å². The fourth-order valence-corrected chi connectivity index (χ4v) is 2.08. The third-order valence-corrected chi connectivity index (χ3v) is 2.86. The number of Topliss-reactive ketones (excluding diaryl/α,β-unsaturated/α-hetero) is 2. The van der Waals surface area contributed by atoms with Crippen LogP contribution >= 0.6 is 0 Å². The van der Waals surface area contributed by atoms with Crippen molar-refractivity contribution >= 4 is 11.6 Å². The van der Waals surface area contributed by atoms with E-state index in [-0.39, 0.29) is 11.6 Å². The van der Waals surface area contributed by atoms with E-state index >= 15 is 0 Å². The lowest BCUT2D eigenvalue weighted by Crippen LogP contribution is -2.20. The summed E-state index contributed by atoms with van der Waals surface area (Å²) in [4.78, 5) is 24.7. The first kappa shape index (κ1) is 12.2. The Morgan fingerprint density at radius 1 is 0.778 bits per heavy atom. The van der Waals surface area contributed by atoms with Crippen molar-refractivity contribution in [2.24, 2.45) is 0 Å². The minimum atomic E-state index is -0.0867. The van der Waals surface area contributed by atoms with Gasteiger partial charge in [-0.1, -0.05) is 48.6 Å². The van der Waals surface area contributed by atoms with Crippen LogP contribution in [0.5, 0.6) is 0 Å². The van der Waals surface area contributed by atoms with Gasteiger partial charge in [0.15, 0.2) is 11.6 Å². The Bertz CT molecular complexity index is 548. The fourth-order valence-electron chi connectivity index (χ4n) is 2.08. The van der Waals surface area contributed by atoms with Crippen LogP contribution in [0.4, 0.5) is 0 Å². The maximum atomic E-state index is 12.3. The molecular weight excluding hydrogens is 224 g/mol. The lowest BCUT2D eigenvalue weighted by atomic mass is 9.83. The predicted molar refractivity (Wildman–Crippen MR) is 71.8 cm³/mol. The number of fused-ring (bicyclic) bond motifs is 1. The van der Waals surface area contributed by atoms with Gasteiger partial charge in [-0.15, -0.1) is 0 Å². The highest BCUT2D eigenvalue weighted by Gasteiger charge is 2.28. The standard InChI is InChI=1S/C16H14O2/c1-3-7-11-12(8-4-2)16(18)14-10-6-5-9-13(14)15(11)17/h3-10H,1-2H3/b7-3-,8-4-. The van der Waals surface area contributed by atoms with Crippen molar-refractivity contribution in [1.29, 1.82) is 0 Å². The van der Waals surface area contributed by atoms with Crippen molar-refractivity contribution in [1.82, 2.24) is 0 Å². The molecule has 90 valence electrons. The van der Waals surface area contributed by atoms with Crippen LogP contribution in [0.1, 0.15) is 34.6 Å². The molecule has 0 amide bonds. The van der Waals surface area contributed by atoms with Gasteiger partial charge in [-0.25, -0.2) is 0 Å². The van der Waals surface area contributed by atoms with Crippen molar-refractivity contribution in [3.05, 3.63) is 70.8 Å². The van der Waals surface area contributed by atoms with Gasteiger partial charge >= 0.3 is 0 Å². The normalized spacial score (nSPS) is 15.9. The number of carbonyl (C=O) groups is 2. The van der Waals surface area contributed by atoms with Gasteiger partial charge in [-0.05, 0) is 13.8 Å². The molecule has 0 saturated carbocycles. The third-order valence-electron chi connectivity index (χ3n) is 2.86. The molecule has 1 aliphatic carbocycles. The SMILES string of the molecule is C/C=C\C1=C(/C=C\C)C(=O)c2ccccc2C1=O. The fraction of sp³-hybridized carbons (Fsp3) is 0.125. The highest BCUT2D eigenvalue weighted by atomic mass is 16.1. The van der Waals surface area contributed by atoms with Gasteiger partial charge in [0.05, 0.1) is 0 Å². The topological polar surface area (TPSA) is 34.1 Å². The molecule has 0 heterocycles. The average molecular weight is 238 g/mol. The van der Waals surface area contributed by atoms with Crippen molar-refractivity contribution in [2.75, 3.05) is 0 Å². The van der Waals surface area contributed by atoms with Crippen molar-refractivity contribution in [3.8, 4) is 0 Å². The summed E-state index contributed by atoms with van der Waals surface area (Å²) in [6.45, 7) is 3.66. The lowest BCUT2D eigenvalue weighted by Gasteiger charge is -2.17. The third kappa shape index (κ3) is 1.86. The first-order valence-electron chi connectivity index (χ1n) is 5.88. The number of benzene rings is 1. The summed E-state index contributed by atoms with van der Waals surface area (Å²) < 4.78 is 0. The summed E-state index contributed by atoms with van der Waals surface area (Å²) in [5.74, 6) is -0.173. The summed E-state index contributed by atoms with van der Waals surface area (Å²) in [5.41, 5.74) is 1.92. The summed E-state index contributed by atoms with van der Waals surface area (Å²) in [6, 6.07) is 6.95. The first-order chi connectivity index (χ1) is 8.70. The zero-order valence-electron chi connectivity index (χ0n) is 10.4. The largest absolute Gasteiger partial charge is 0.289 e. The molecule has 0 unspecified atom stereocenters. The van der Waals surface area contributed by atoms with Gasteiger partial charge in [0, 0.05) is 22.3 Å². The first-order valence-corrected chi connectivity index (χ1v) is 5.88. The second kappa shape index (κ2) is 4.96. The van der Waals surface area contributed by atoms with E-state index in [4.69, 9.17) is 0 Å². The number of rotatable bonds is 2. The predicted octanol–water partition coefficient (Wildman–Crippen LogP) is 3.51. The van der Waals surface area contributed by atoms with E-state index in [0.717, 1.165) is 0 Å². The Morgan fingerprint density at radius 3 is 1.50 bits per heavy atom. The molecule has 18 heavy (non-hydrogen) atoms. The van der Waals surface area contributed by atoms with Crippen molar-refractivity contribution in [2.45, 2.75) is 13.8 Å². The molecule has 1 aromatic carbocycles. The summed E-state index contributed by atoms with van der Waals surface area (Å²) in [5, 5.41) is 0. The highest BCUT2D eigenvalue weighted by molar-refractivity contribution is 6.28. The Labute approximate surface area is 106 Å². The second-order valence-corrected chi connectivity index (χ2v) is 4.03. The van der Waals surface area contributed by atoms with Gasteiger partial charge in [0.2, 0.25) is 0 Å². The van der Waals surface area contributed by atoms with E-state index in [2.05, 4.69) is 0 Å². The molecule has 0 N–H and O–H groups in total. The van der Waals surface area contributed by atoms with Crippen LogP contribution < -0.4 is 0 Å². The molecule has 1 aliphatic rings. The molecular formula is C16H14O2. The smallest absolute Gasteiger partial charge is 0.194 e. The van der Waals surface area contributed by atoms with E-state index < -0.39 is 0 Å². The van der Waals surface area contributed by atoms with Crippen LogP contribution in [0.3, 0.4) is 0 Å². The maximum absolute atomic E-state index is 12.3. The van der Waals surface area contributed by atoms with Gasteiger partial charge in [0.25, 0.3) is 0 Å². The molecule has 2 nitrogen and oxygen atoms in total. The Morgan fingerprint density at radius 2 is 1.17 bits per heavy atom. The summed E-state index contributed by atoms with van der Waals surface area (Å²) >= 11 is 0. The monoisotopic (exact) mass is 238 g/mol. The summed E-state index contributed by atoms with van der Waals surface area (Å²) in [6.07, 6.45) is 6.95. The number of hydrogen-bond donors (Lipinski definition) is 0. The van der Waals surface area contributed by atoms with Crippen LogP contribution in [-0.2, 0) is 0 Å². The van der Waals surface area contributed by atoms with E-state index in [1.807, 2.05) is 13.8 Å². The van der Waals surface area contributed by atoms with Crippen LogP contribution in [0.25, 0.3) is 0 Å². The van der Waals surface area contributed by atoms with Gasteiger partial charge in [-0.2, -0.15) is 0 Å². The molecule has 0 aliphatic heterocycles. The Balaban J connectivity index is 2.71. The van der Waals surface area contributed by atoms with Crippen molar-refractivity contribution in [3.63, 3.8) is 0 Å². The number of ketones is 2. The Kier molecular flexibility index (Phi) is 3.38. The molecule has 0 spiro atoms. The van der Waals surface area contributed by atoms with E-state index in [9.17, 15) is 9.59 Å². The lowest BCUT2D eigenvalue weighted by molar-refractivity contribution is 0.0980. The second-order valence-electron chi connectivity index (χ2n) is 4.03. The molecule has 2 heteroatoms. The van der Waals surface area contributed by atoms with E-state index in [1.165, 1.54) is 0 Å². The number of allylic oxidation sites excluding steroid dienone is 6. The number of carbonyl (C=O) groups excluding carboxylic acids is 2. The molecule has 1 aromatic rings. The molecule has 0 bridgehead atoms. The van der Waals surface area contributed by atoms with Crippen LogP contribution in [0, 0.1) is 0 Å². The van der Waals surface area contributed by atoms with Crippen LogP contribution in [0.15, 0.2) is 59.7 Å². The zero-order chi connectivity index (χ0) is 13.1. The minimum Gasteiger partial charge on any atom is -0.289 e. The quantitative estimate of drug-likeness (QED) is 0.790. The molecule has 0 fully saturated rings. The molecule has 0 atom stereocenters. The van der Waals surface area contributed by atoms with E-state index in [0.29, 0.717) is 22.3 Å². The zero-order valence-corrected chi connectivity index (χ0v) is 10.4. The van der Waals surface area contributed by atoms with Gasteiger partial charge in [-0.3, -0.25) is 9.59 Å². The van der Waals surface area contributed by atoms with Gasteiger partial charge in [0.1, 0.15) is 0 Å². The molecule has 0 saturated heterocycles. The molecule has 0 radical (unpaired) electrons. The average Bonchev–Trinajstić information content (AvgIpc) is 2.40. The molecule has 2 rings (SSSR count). The molecule has 0 aromatic heterocycles. The van der Waals surface area contributed by atoms with Gasteiger partial charge < -0.3 is 0 Å². The van der Waals surface area contributed by atoms with Crippen LogP contribution in [-0.4, -0.2) is 11.6 Å². The number of hydrogen-bond acceptors (Lipinski definition) is 2. The maximum Gasteiger partial charge on any atom is 0.194 e. The van der Waals surface area contributed by atoms with E-state index in [1.54, 1.807) is 48.6 Å². The minimum absolute atomic E-state index is 0.0867. The highest BCUT2D eigenvalue weighted by Crippen LogP contribution is 2.27. The summed E-state index contributed by atoms with van der Waals surface area (Å²) in [7, 11) is 0. The Hall–Kier alpha value is -2.22.